The lowest BCUT2D eigenvalue weighted by atomic mass is 10.1. The molecule has 0 aliphatic heterocycles. The summed E-state index contributed by atoms with van der Waals surface area (Å²) in [5.41, 5.74) is 0. The Balaban J connectivity index is 3.45. The first-order valence-corrected chi connectivity index (χ1v) is 5.90. The van der Waals surface area contributed by atoms with E-state index in [2.05, 4.69) is 13.8 Å². The Bertz CT molecular complexity index is 137. The minimum absolute atomic E-state index is 0.186. The van der Waals surface area contributed by atoms with Gasteiger partial charge in [0, 0.05) is 12.8 Å². The van der Waals surface area contributed by atoms with Crippen LogP contribution in [0, 0.1) is 5.92 Å². The predicted octanol–water partition coefficient (Wildman–Crippen LogP) is 2.68. The first kappa shape index (κ1) is 12.8. The molecule has 0 rings (SSSR count). The van der Waals surface area contributed by atoms with Gasteiger partial charge in [-0.15, -0.1) is 0 Å². The lowest BCUT2D eigenvalue weighted by molar-refractivity contribution is -0.140. The second-order valence-corrected chi connectivity index (χ2v) is 4.22. The zero-order chi connectivity index (χ0) is 10.1. The summed E-state index contributed by atoms with van der Waals surface area (Å²) in [6, 6.07) is 0. The molecular formula is C10H19O2S. The second-order valence-electron chi connectivity index (χ2n) is 2.83. The highest BCUT2D eigenvalue weighted by molar-refractivity contribution is 7.99. The van der Waals surface area contributed by atoms with E-state index in [-0.39, 0.29) is 5.97 Å². The van der Waals surface area contributed by atoms with Gasteiger partial charge in [0.05, 0.1) is 6.61 Å². The Labute approximate surface area is 85.4 Å². The third kappa shape index (κ3) is 8.16. The quantitative estimate of drug-likeness (QED) is 0.470. The molecule has 0 bridgehead atoms. The van der Waals surface area contributed by atoms with Crippen molar-refractivity contribution in [2.45, 2.75) is 33.6 Å². The number of hydrogen-bond acceptors (Lipinski definition) is 3. The van der Waals surface area contributed by atoms with Crippen LogP contribution in [0.25, 0.3) is 0 Å². The van der Waals surface area contributed by atoms with Gasteiger partial charge in [-0.3, -0.25) is 4.79 Å². The topological polar surface area (TPSA) is 26.3 Å². The fourth-order valence-electron chi connectivity index (χ4n) is 0.916. The lowest BCUT2D eigenvalue weighted by Gasteiger charge is -2.12. The maximum atomic E-state index is 10.6. The van der Waals surface area contributed by atoms with Gasteiger partial charge in [0.25, 0.3) is 0 Å². The summed E-state index contributed by atoms with van der Waals surface area (Å²) in [4.78, 5) is 10.6. The molecule has 0 saturated carbocycles. The van der Waals surface area contributed by atoms with E-state index in [1.807, 2.05) is 11.8 Å². The number of thioether (sulfide) groups is 1. The highest BCUT2D eigenvalue weighted by atomic mass is 32.2. The Kier molecular flexibility index (Phi) is 8.30. The van der Waals surface area contributed by atoms with E-state index in [1.54, 1.807) is 0 Å². The summed E-state index contributed by atoms with van der Waals surface area (Å²) in [6.07, 6.45) is 2.08. The third-order valence-electron chi connectivity index (χ3n) is 1.78. The average molecular weight is 203 g/mol. The predicted molar refractivity (Wildman–Crippen MR) is 57.8 cm³/mol. The number of rotatable bonds is 7. The first-order chi connectivity index (χ1) is 6.20. The van der Waals surface area contributed by atoms with Gasteiger partial charge in [0.2, 0.25) is 0 Å². The van der Waals surface area contributed by atoms with E-state index in [0.717, 1.165) is 24.3 Å². The molecule has 0 amide bonds. The van der Waals surface area contributed by atoms with Crippen molar-refractivity contribution in [2.24, 2.45) is 0 Å². The van der Waals surface area contributed by atoms with Crippen molar-refractivity contribution in [1.82, 2.24) is 0 Å². The standard InChI is InChI=1S/C10H19O2S/c1-4-10(6-7-13-5-2)8-12-9(3)11/h4-8H2,1-3H3. The molecule has 2 nitrogen and oxygen atoms in total. The van der Waals surface area contributed by atoms with Crippen LogP contribution >= 0.6 is 11.8 Å². The highest BCUT2D eigenvalue weighted by Crippen LogP contribution is 2.15. The Morgan fingerprint density at radius 3 is 2.54 bits per heavy atom. The van der Waals surface area contributed by atoms with Crippen molar-refractivity contribution in [3.63, 3.8) is 0 Å². The van der Waals surface area contributed by atoms with E-state index < -0.39 is 0 Å². The van der Waals surface area contributed by atoms with Gasteiger partial charge in [0.1, 0.15) is 0 Å². The van der Waals surface area contributed by atoms with Crippen molar-refractivity contribution >= 4 is 17.7 Å². The Hall–Kier alpha value is -0.180. The summed E-state index contributed by atoms with van der Waals surface area (Å²) in [6.45, 7) is 6.22. The van der Waals surface area contributed by atoms with Crippen LogP contribution in [-0.2, 0) is 9.53 Å². The average Bonchev–Trinajstić information content (AvgIpc) is 2.10. The van der Waals surface area contributed by atoms with Crippen molar-refractivity contribution in [2.75, 3.05) is 18.1 Å². The molecule has 0 atom stereocenters. The number of ether oxygens (including phenoxy) is 1. The largest absolute Gasteiger partial charge is 0.465 e. The molecule has 0 aromatic heterocycles. The van der Waals surface area contributed by atoms with Gasteiger partial charge >= 0.3 is 5.97 Å². The van der Waals surface area contributed by atoms with Gasteiger partial charge in [-0.2, -0.15) is 11.8 Å². The molecule has 77 valence electrons. The highest BCUT2D eigenvalue weighted by Gasteiger charge is 2.08. The number of carbonyl (C=O) groups is 1. The van der Waals surface area contributed by atoms with Crippen LogP contribution in [0.15, 0.2) is 0 Å². The van der Waals surface area contributed by atoms with Crippen LogP contribution in [0.4, 0.5) is 0 Å². The van der Waals surface area contributed by atoms with E-state index in [0.29, 0.717) is 6.61 Å². The van der Waals surface area contributed by atoms with E-state index in [4.69, 9.17) is 4.74 Å². The zero-order valence-electron chi connectivity index (χ0n) is 8.76. The van der Waals surface area contributed by atoms with Gasteiger partial charge < -0.3 is 4.74 Å². The number of esters is 1. The van der Waals surface area contributed by atoms with Crippen molar-refractivity contribution in [3.8, 4) is 0 Å². The summed E-state index contributed by atoms with van der Waals surface area (Å²) >= 11 is 1.92. The maximum absolute atomic E-state index is 10.6. The normalized spacial score (nSPS) is 10.5. The van der Waals surface area contributed by atoms with Crippen LogP contribution < -0.4 is 0 Å². The number of carbonyl (C=O) groups excluding carboxylic acids is 1. The summed E-state index contributed by atoms with van der Waals surface area (Å²) in [5.74, 6) is 3.44. The van der Waals surface area contributed by atoms with E-state index in [1.165, 1.54) is 12.8 Å². The molecule has 0 fully saturated rings. The van der Waals surface area contributed by atoms with E-state index in [9.17, 15) is 4.79 Å². The van der Waals surface area contributed by atoms with Crippen molar-refractivity contribution in [1.29, 1.82) is 0 Å². The molecule has 1 radical (unpaired) electrons. The third-order valence-corrected chi connectivity index (χ3v) is 2.68. The Morgan fingerprint density at radius 2 is 2.08 bits per heavy atom. The first-order valence-electron chi connectivity index (χ1n) is 4.75. The maximum Gasteiger partial charge on any atom is 0.302 e. The molecule has 0 saturated heterocycles. The molecule has 0 spiro atoms. The van der Waals surface area contributed by atoms with Crippen LogP contribution in [0.2, 0.25) is 0 Å². The SMILES string of the molecule is CCSCC[C](CC)COC(C)=O. The van der Waals surface area contributed by atoms with Crippen molar-refractivity contribution < 1.29 is 9.53 Å². The van der Waals surface area contributed by atoms with Crippen LogP contribution in [0.5, 0.6) is 0 Å². The lowest BCUT2D eigenvalue weighted by Crippen LogP contribution is -2.10. The smallest absolute Gasteiger partial charge is 0.302 e. The zero-order valence-corrected chi connectivity index (χ0v) is 9.58. The minimum Gasteiger partial charge on any atom is -0.465 e. The molecule has 0 aromatic carbocycles. The van der Waals surface area contributed by atoms with Crippen molar-refractivity contribution in [3.05, 3.63) is 5.92 Å². The molecule has 0 aromatic rings. The van der Waals surface area contributed by atoms with Gasteiger partial charge in [-0.05, 0) is 24.3 Å². The summed E-state index contributed by atoms with van der Waals surface area (Å²) in [7, 11) is 0. The van der Waals surface area contributed by atoms with Gasteiger partial charge in [-0.1, -0.05) is 13.8 Å². The van der Waals surface area contributed by atoms with Crippen LogP contribution in [-0.4, -0.2) is 24.1 Å². The molecule has 13 heavy (non-hydrogen) atoms. The van der Waals surface area contributed by atoms with E-state index >= 15 is 0 Å². The summed E-state index contributed by atoms with van der Waals surface area (Å²) in [5, 5.41) is 0. The monoisotopic (exact) mass is 203 g/mol. The van der Waals surface area contributed by atoms with Crippen LogP contribution in [0.1, 0.15) is 33.6 Å². The summed E-state index contributed by atoms with van der Waals surface area (Å²) < 4.78 is 4.94. The van der Waals surface area contributed by atoms with Gasteiger partial charge in [0.15, 0.2) is 0 Å². The van der Waals surface area contributed by atoms with Crippen LogP contribution in [0.3, 0.4) is 0 Å². The fourth-order valence-corrected chi connectivity index (χ4v) is 1.64. The molecule has 0 heterocycles. The Morgan fingerprint density at radius 1 is 1.38 bits per heavy atom. The second kappa shape index (κ2) is 8.42. The molecule has 0 unspecified atom stereocenters. The molecular weight excluding hydrogens is 184 g/mol. The molecule has 0 aliphatic carbocycles. The molecule has 0 aliphatic rings. The fraction of sp³-hybridized carbons (Fsp3) is 0.800. The van der Waals surface area contributed by atoms with Gasteiger partial charge in [-0.25, -0.2) is 0 Å². The molecule has 0 N–H and O–H groups in total. The minimum atomic E-state index is -0.186. The molecule has 3 heteroatoms. The number of hydrogen-bond donors (Lipinski definition) is 0.